The largest absolute Gasteiger partial charge is 0.304 e. The van der Waals surface area contributed by atoms with Crippen molar-refractivity contribution in [1.82, 2.24) is 0 Å². The molecule has 0 atom stereocenters. The normalized spacial score (nSPS) is 3.25. The van der Waals surface area contributed by atoms with Gasteiger partial charge in [-0.05, 0) is 6.92 Å². The van der Waals surface area contributed by atoms with E-state index in [0.717, 1.165) is 6.29 Å². The minimum Gasteiger partial charge on any atom is -0.304 e. The number of hydrogen-bond donors (Lipinski definition) is 0. The van der Waals surface area contributed by atoms with Crippen molar-refractivity contribution in [2.24, 2.45) is 0 Å². The smallest absolute Gasteiger partial charge is 0.116 e. The molecule has 0 N–H and O–H groups in total. The zero-order chi connectivity index (χ0) is 2.71. The summed E-state index contributed by atoms with van der Waals surface area (Å²) in [5, 5.41) is 0. The zero-order valence-corrected chi connectivity index (χ0v) is 3.96. The Morgan fingerprint density at radius 3 is 1.75 bits per heavy atom. The predicted octanol–water partition coefficient (Wildman–Crippen LogP) is 0.203. The molecule has 1 nitrogen and oxygen atoms in total. The molecule has 0 aromatic carbocycles. The standard InChI is InChI=1S/C2H4O.Rh/c1-2-3;/h2H,1H3;. The van der Waals surface area contributed by atoms with Gasteiger partial charge in [-0.1, -0.05) is 0 Å². The number of carbonyl (C=O) groups excluding carboxylic acids is 1. The van der Waals surface area contributed by atoms with E-state index < -0.39 is 0 Å². The van der Waals surface area contributed by atoms with Crippen LogP contribution in [0.15, 0.2) is 0 Å². The Kier molecular flexibility index (Phi) is 22.9. The molecule has 4 heavy (non-hydrogen) atoms. The summed E-state index contributed by atoms with van der Waals surface area (Å²) in [5.41, 5.74) is 0. The first-order valence-corrected chi connectivity index (χ1v) is 0.813. The van der Waals surface area contributed by atoms with Crippen LogP contribution in [0.4, 0.5) is 0 Å². The molecule has 0 aliphatic carbocycles. The minimum atomic E-state index is 0. The van der Waals surface area contributed by atoms with E-state index in [-0.39, 0.29) is 19.5 Å². The predicted molar refractivity (Wildman–Crippen MR) is 11.7 cm³/mol. The molecule has 0 aromatic heterocycles. The Morgan fingerprint density at radius 2 is 1.75 bits per heavy atom. The molecule has 0 aliphatic rings. The van der Waals surface area contributed by atoms with Crippen LogP contribution in [0, 0.1) is 0 Å². The van der Waals surface area contributed by atoms with Crippen LogP contribution in [0.5, 0.6) is 0 Å². The van der Waals surface area contributed by atoms with Gasteiger partial charge in [0.2, 0.25) is 0 Å². The van der Waals surface area contributed by atoms with Crippen molar-refractivity contribution in [3.63, 3.8) is 0 Å². The van der Waals surface area contributed by atoms with Gasteiger partial charge in [0.1, 0.15) is 6.29 Å². The van der Waals surface area contributed by atoms with E-state index in [0.29, 0.717) is 0 Å². The molecular formula is C2H4ORh. The Hall–Kier alpha value is 0.293. The van der Waals surface area contributed by atoms with E-state index in [4.69, 9.17) is 4.79 Å². The van der Waals surface area contributed by atoms with Gasteiger partial charge in [-0.3, -0.25) is 0 Å². The molecule has 0 saturated heterocycles. The fourth-order valence-corrected chi connectivity index (χ4v) is 0. The van der Waals surface area contributed by atoms with Gasteiger partial charge in [0.25, 0.3) is 0 Å². The summed E-state index contributed by atoms with van der Waals surface area (Å²) in [6.07, 6.45) is 0.750. The van der Waals surface area contributed by atoms with Gasteiger partial charge >= 0.3 is 0 Å². The van der Waals surface area contributed by atoms with E-state index in [1.54, 1.807) is 0 Å². The molecule has 0 saturated carbocycles. The fourth-order valence-electron chi connectivity index (χ4n) is 0. The third-order valence-corrected chi connectivity index (χ3v) is 0. The van der Waals surface area contributed by atoms with Crippen molar-refractivity contribution < 1.29 is 24.3 Å². The third-order valence-electron chi connectivity index (χ3n) is 0. The number of hydrogen-bond acceptors (Lipinski definition) is 1. The van der Waals surface area contributed by atoms with Crippen LogP contribution < -0.4 is 0 Å². The van der Waals surface area contributed by atoms with Crippen LogP contribution in [0.1, 0.15) is 6.92 Å². The monoisotopic (exact) mass is 147 g/mol. The van der Waals surface area contributed by atoms with Crippen molar-refractivity contribution in [2.45, 2.75) is 6.92 Å². The Bertz CT molecular complexity index is 13.5. The van der Waals surface area contributed by atoms with Crippen molar-refractivity contribution in [3.8, 4) is 0 Å². The molecule has 2 heteroatoms. The van der Waals surface area contributed by atoms with Gasteiger partial charge in [0, 0.05) is 19.5 Å². The van der Waals surface area contributed by atoms with E-state index in [1.807, 2.05) is 0 Å². The van der Waals surface area contributed by atoms with Crippen LogP contribution in [-0.4, -0.2) is 6.29 Å². The zero-order valence-electron chi connectivity index (χ0n) is 2.32. The summed E-state index contributed by atoms with van der Waals surface area (Å²) in [4.78, 5) is 8.81. The van der Waals surface area contributed by atoms with Gasteiger partial charge < -0.3 is 4.79 Å². The summed E-state index contributed by atoms with van der Waals surface area (Å²) in [6, 6.07) is 0. The molecule has 0 rings (SSSR count). The van der Waals surface area contributed by atoms with Gasteiger partial charge in [-0.25, -0.2) is 0 Å². The maximum atomic E-state index is 8.81. The first kappa shape index (κ1) is 8.85. The number of rotatable bonds is 0. The first-order valence-electron chi connectivity index (χ1n) is 0.813. The van der Waals surface area contributed by atoms with E-state index >= 15 is 0 Å². The maximum Gasteiger partial charge on any atom is 0.116 e. The summed E-state index contributed by atoms with van der Waals surface area (Å²) in [7, 11) is 0. The van der Waals surface area contributed by atoms with Gasteiger partial charge in [-0.15, -0.1) is 0 Å². The number of carbonyl (C=O) groups is 1. The molecule has 0 heterocycles. The molecule has 0 aromatic rings. The Balaban J connectivity index is 0. The summed E-state index contributed by atoms with van der Waals surface area (Å²) in [6.45, 7) is 1.44. The average molecular weight is 147 g/mol. The fraction of sp³-hybridized carbons (Fsp3) is 0.500. The van der Waals surface area contributed by atoms with Crippen LogP contribution in [0.25, 0.3) is 0 Å². The van der Waals surface area contributed by atoms with Crippen LogP contribution in [-0.2, 0) is 24.3 Å². The molecule has 0 aliphatic heterocycles. The third kappa shape index (κ3) is 44.6. The van der Waals surface area contributed by atoms with Crippen molar-refractivity contribution >= 4 is 6.29 Å². The van der Waals surface area contributed by atoms with Gasteiger partial charge in [0.05, 0.1) is 0 Å². The quantitative estimate of drug-likeness (QED) is 0.353. The van der Waals surface area contributed by atoms with Crippen LogP contribution >= 0.6 is 0 Å². The van der Waals surface area contributed by atoms with E-state index in [2.05, 4.69) is 0 Å². The summed E-state index contributed by atoms with van der Waals surface area (Å²) >= 11 is 0. The molecular weight excluding hydrogens is 143 g/mol. The second-order valence-corrected chi connectivity index (χ2v) is 0.236. The average Bonchev–Trinajstić information content (AvgIpc) is 0.918. The second-order valence-electron chi connectivity index (χ2n) is 0.236. The molecule has 0 bridgehead atoms. The van der Waals surface area contributed by atoms with Crippen molar-refractivity contribution in [2.75, 3.05) is 0 Å². The summed E-state index contributed by atoms with van der Waals surface area (Å²) in [5.74, 6) is 0. The maximum absolute atomic E-state index is 8.81. The van der Waals surface area contributed by atoms with Crippen molar-refractivity contribution in [3.05, 3.63) is 0 Å². The second kappa shape index (κ2) is 10.4. The molecule has 0 amide bonds. The van der Waals surface area contributed by atoms with E-state index in [1.165, 1.54) is 6.92 Å². The topological polar surface area (TPSA) is 17.1 Å². The molecule has 27 valence electrons. The SMILES string of the molecule is CC=O.[Rh]. The molecule has 0 unspecified atom stereocenters. The Labute approximate surface area is 38.1 Å². The van der Waals surface area contributed by atoms with Crippen molar-refractivity contribution in [1.29, 1.82) is 0 Å². The van der Waals surface area contributed by atoms with Crippen LogP contribution in [0.2, 0.25) is 0 Å². The first-order chi connectivity index (χ1) is 1.41. The molecule has 0 fully saturated rings. The van der Waals surface area contributed by atoms with Gasteiger partial charge in [-0.2, -0.15) is 0 Å². The number of aldehydes is 1. The van der Waals surface area contributed by atoms with Crippen LogP contribution in [0.3, 0.4) is 0 Å². The summed E-state index contributed by atoms with van der Waals surface area (Å²) < 4.78 is 0. The molecule has 0 spiro atoms. The van der Waals surface area contributed by atoms with E-state index in [9.17, 15) is 0 Å². The minimum absolute atomic E-state index is 0. The Morgan fingerprint density at radius 1 is 1.75 bits per heavy atom. The molecule has 1 radical (unpaired) electrons. The van der Waals surface area contributed by atoms with Gasteiger partial charge in [0.15, 0.2) is 0 Å².